The predicted molar refractivity (Wildman–Crippen MR) is 153 cm³/mol. The first-order valence-corrected chi connectivity index (χ1v) is 14.5. The van der Waals surface area contributed by atoms with Crippen molar-refractivity contribution in [2.24, 2.45) is 5.92 Å². The number of hydrogen-bond acceptors (Lipinski definition) is 5. The highest BCUT2D eigenvalue weighted by Gasteiger charge is 2.33. The van der Waals surface area contributed by atoms with E-state index in [0.29, 0.717) is 24.3 Å². The SMILES string of the molecule is CC[C@@H](C(=O)NCC(C)C)N(Cc1ccc(F)cc1)C(=O)CN(c1ccc(OC)cc1)S(=O)(=O)c1ccccc1. The summed E-state index contributed by atoms with van der Waals surface area (Å²) in [5.74, 6) is -0.620. The van der Waals surface area contributed by atoms with E-state index in [0.717, 1.165) is 4.31 Å². The molecule has 0 unspecified atom stereocenters. The number of amides is 2. The molecule has 214 valence electrons. The Labute approximate surface area is 235 Å². The van der Waals surface area contributed by atoms with Gasteiger partial charge in [0.1, 0.15) is 24.2 Å². The number of halogens is 1. The van der Waals surface area contributed by atoms with E-state index < -0.39 is 34.3 Å². The molecule has 2 amide bonds. The van der Waals surface area contributed by atoms with Crippen molar-refractivity contribution in [3.8, 4) is 5.75 Å². The molecule has 0 saturated heterocycles. The molecule has 1 atom stereocenters. The summed E-state index contributed by atoms with van der Waals surface area (Å²) in [4.78, 5) is 28.6. The minimum atomic E-state index is -4.16. The van der Waals surface area contributed by atoms with Crippen LogP contribution < -0.4 is 14.4 Å². The molecule has 0 heterocycles. The van der Waals surface area contributed by atoms with Crippen molar-refractivity contribution in [1.29, 1.82) is 0 Å². The van der Waals surface area contributed by atoms with Crippen LogP contribution in [-0.2, 0) is 26.2 Å². The van der Waals surface area contributed by atoms with E-state index in [9.17, 15) is 22.4 Å². The van der Waals surface area contributed by atoms with Crippen LogP contribution in [0.3, 0.4) is 0 Å². The molecule has 0 aliphatic carbocycles. The molecule has 0 bridgehead atoms. The van der Waals surface area contributed by atoms with Crippen LogP contribution in [0.15, 0.2) is 83.8 Å². The summed E-state index contributed by atoms with van der Waals surface area (Å²) in [6.07, 6.45) is 0.296. The second kappa shape index (κ2) is 13.9. The lowest BCUT2D eigenvalue weighted by molar-refractivity contribution is -0.140. The Bertz CT molecular complexity index is 1360. The lowest BCUT2D eigenvalue weighted by Crippen LogP contribution is -2.52. The molecular weight excluding hydrogens is 533 g/mol. The minimum absolute atomic E-state index is 0.00540. The zero-order chi connectivity index (χ0) is 29.3. The second-order valence-corrected chi connectivity index (χ2v) is 11.6. The molecule has 1 N–H and O–H groups in total. The highest BCUT2D eigenvalue weighted by atomic mass is 32.2. The monoisotopic (exact) mass is 569 g/mol. The Morgan fingerprint density at radius 2 is 1.57 bits per heavy atom. The van der Waals surface area contributed by atoms with E-state index in [-0.39, 0.29) is 29.0 Å². The smallest absolute Gasteiger partial charge is 0.264 e. The summed E-state index contributed by atoms with van der Waals surface area (Å²) in [5, 5.41) is 2.88. The standard InChI is InChI=1S/C30H36FN3O5S/c1-5-28(30(36)32-19-22(2)3)33(20-23-11-13-24(31)14-12-23)29(35)21-34(25-15-17-26(39-4)18-16-25)40(37,38)27-9-7-6-8-10-27/h6-18,22,28H,5,19-21H2,1-4H3,(H,32,36)/t28-/m0/s1. The van der Waals surface area contributed by atoms with Crippen LogP contribution in [0.2, 0.25) is 0 Å². The van der Waals surface area contributed by atoms with Crippen LogP contribution in [0.1, 0.15) is 32.8 Å². The van der Waals surface area contributed by atoms with Crippen molar-refractivity contribution in [2.45, 2.75) is 44.7 Å². The third-order valence-corrected chi connectivity index (χ3v) is 8.10. The van der Waals surface area contributed by atoms with Crippen molar-refractivity contribution in [3.63, 3.8) is 0 Å². The van der Waals surface area contributed by atoms with Gasteiger partial charge in [0.25, 0.3) is 10.0 Å². The van der Waals surface area contributed by atoms with Crippen LogP contribution in [0, 0.1) is 11.7 Å². The van der Waals surface area contributed by atoms with Gasteiger partial charge in [-0.2, -0.15) is 0 Å². The summed E-state index contributed by atoms with van der Waals surface area (Å²) in [7, 11) is -2.66. The number of ether oxygens (including phenoxy) is 1. The van der Waals surface area contributed by atoms with Gasteiger partial charge in [0.15, 0.2) is 0 Å². The Kier molecular flexibility index (Phi) is 10.7. The van der Waals surface area contributed by atoms with Gasteiger partial charge in [0, 0.05) is 13.1 Å². The van der Waals surface area contributed by atoms with Crippen molar-refractivity contribution in [3.05, 3.63) is 90.2 Å². The van der Waals surface area contributed by atoms with Gasteiger partial charge >= 0.3 is 0 Å². The summed E-state index contributed by atoms with van der Waals surface area (Å²) in [5.41, 5.74) is 0.865. The van der Waals surface area contributed by atoms with Crippen LogP contribution >= 0.6 is 0 Å². The maximum atomic E-state index is 14.0. The van der Waals surface area contributed by atoms with Gasteiger partial charge in [0.05, 0.1) is 17.7 Å². The van der Waals surface area contributed by atoms with E-state index in [1.165, 1.54) is 48.4 Å². The lowest BCUT2D eigenvalue weighted by Gasteiger charge is -2.33. The molecule has 10 heteroatoms. The van der Waals surface area contributed by atoms with Crippen molar-refractivity contribution in [2.75, 3.05) is 24.5 Å². The quantitative estimate of drug-likeness (QED) is 0.324. The van der Waals surface area contributed by atoms with Crippen LogP contribution in [-0.4, -0.2) is 51.4 Å². The van der Waals surface area contributed by atoms with E-state index in [2.05, 4.69) is 5.32 Å². The van der Waals surface area contributed by atoms with Gasteiger partial charge in [0.2, 0.25) is 11.8 Å². The summed E-state index contributed by atoms with van der Waals surface area (Å²) >= 11 is 0. The Morgan fingerprint density at radius 3 is 2.12 bits per heavy atom. The molecule has 3 aromatic carbocycles. The molecule has 3 rings (SSSR count). The van der Waals surface area contributed by atoms with Crippen molar-refractivity contribution >= 4 is 27.5 Å². The Morgan fingerprint density at radius 1 is 0.950 bits per heavy atom. The fourth-order valence-corrected chi connectivity index (χ4v) is 5.56. The number of benzene rings is 3. The summed E-state index contributed by atoms with van der Waals surface area (Å²) < 4.78 is 47.4. The first-order valence-electron chi connectivity index (χ1n) is 13.1. The van der Waals surface area contributed by atoms with Gasteiger partial charge in [-0.15, -0.1) is 0 Å². The lowest BCUT2D eigenvalue weighted by atomic mass is 10.1. The molecular formula is C30H36FN3O5S. The molecule has 0 aromatic heterocycles. The number of rotatable bonds is 13. The first kappa shape index (κ1) is 30.6. The largest absolute Gasteiger partial charge is 0.497 e. The summed E-state index contributed by atoms with van der Waals surface area (Å²) in [6.45, 7) is 5.57. The van der Waals surface area contributed by atoms with Gasteiger partial charge in [-0.25, -0.2) is 12.8 Å². The number of nitrogens with one attached hydrogen (secondary N) is 1. The Balaban J connectivity index is 2.03. The highest BCUT2D eigenvalue weighted by molar-refractivity contribution is 7.92. The maximum Gasteiger partial charge on any atom is 0.264 e. The van der Waals surface area contributed by atoms with Crippen molar-refractivity contribution in [1.82, 2.24) is 10.2 Å². The van der Waals surface area contributed by atoms with Crippen molar-refractivity contribution < 1.29 is 27.1 Å². The fraction of sp³-hybridized carbons (Fsp3) is 0.333. The average molecular weight is 570 g/mol. The number of nitrogens with zero attached hydrogens (tertiary/aromatic N) is 2. The second-order valence-electron chi connectivity index (χ2n) is 9.73. The molecule has 8 nitrogen and oxygen atoms in total. The number of anilines is 1. The number of hydrogen-bond donors (Lipinski definition) is 1. The molecule has 0 saturated carbocycles. The number of carbonyl (C=O) groups excluding carboxylic acids is 2. The van der Waals surface area contributed by atoms with E-state index >= 15 is 0 Å². The zero-order valence-electron chi connectivity index (χ0n) is 23.2. The molecule has 0 radical (unpaired) electrons. The summed E-state index contributed by atoms with van der Waals surface area (Å²) in [6, 6.07) is 18.9. The van der Waals surface area contributed by atoms with Gasteiger partial charge in [-0.05, 0) is 66.4 Å². The third kappa shape index (κ3) is 7.81. The van der Waals surface area contributed by atoms with Crippen LogP contribution in [0.25, 0.3) is 0 Å². The molecule has 0 fully saturated rings. The highest BCUT2D eigenvalue weighted by Crippen LogP contribution is 2.26. The van der Waals surface area contributed by atoms with Crippen LogP contribution in [0.4, 0.5) is 10.1 Å². The normalized spacial score (nSPS) is 12.1. The fourth-order valence-electron chi connectivity index (χ4n) is 4.13. The molecule has 40 heavy (non-hydrogen) atoms. The average Bonchev–Trinajstić information content (AvgIpc) is 2.96. The Hall–Kier alpha value is -3.92. The molecule has 0 aliphatic rings. The van der Waals surface area contributed by atoms with E-state index in [1.54, 1.807) is 49.4 Å². The van der Waals surface area contributed by atoms with Gasteiger partial charge in [-0.3, -0.25) is 13.9 Å². The third-order valence-electron chi connectivity index (χ3n) is 6.31. The van der Waals surface area contributed by atoms with E-state index in [1.807, 2.05) is 13.8 Å². The minimum Gasteiger partial charge on any atom is -0.497 e. The van der Waals surface area contributed by atoms with Gasteiger partial charge in [-0.1, -0.05) is 51.1 Å². The molecule has 3 aromatic rings. The number of carbonyl (C=O) groups is 2. The maximum absolute atomic E-state index is 14.0. The molecule has 0 spiro atoms. The number of sulfonamides is 1. The van der Waals surface area contributed by atoms with E-state index in [4.69, 9.17) is 4.74 Å². The first-order chi connectivity index (χ1) is 19.1. The van der Waals surface area contributed by atoms with Crippen LogP contribution in [0.5, 0.6) is 5.75 Å². The molecule has 0 aliphatic heterocycles. The van der Waals surface area contributed by atoms with Gasteiger partial charge < -0.3 is 15.0 Å². The number of methoxy groups -OCH3 is 1. The zero-order valence-corrected chi connectivity index (χ0v) is 24.0. The predicted octanol–water partition coefficient (Wildman–Crippen LogP) is 4.61. The topological polar surface area (TPSA) is 96.0 Å².